The van der Waals surface area contributed by atoms with Crippen LogP contribution in [-0.2, 0) is 14.3 Å². The second-order valence-electron chi connectivity index (χ2n) is 4.01. The summed E-state index contributed by atoms with van der Waals surface area (Å²) in [4.78, 5) is 26.9. The molecule has 1 aromatic heterocycles. The molecule has 0 aliphatic carbocycles. The fourth-order valence-corrected chi connectivity index (χ4v) is 1.74. The number of benzene rings is 1. The van der Waals surface area contributed by atoms with Gasteiger partial charge in [-0.2, -0.15) is 0 Å². The molecule has 0 unspecified atom stereocenters. The van der Waals surface area contributed by atoms with Gasteiger partial charge in [-0.05, 0) is 12.1 Å². The number of amides is 1. The van der Waals surface area contributed by atoms with Crippen molar-refractivity contribution < 1.29 is 14.3 Å². The van der Waals surface area contributed by atoms with Gasteiger partial charge in [-0.3, -0.25) is 14.6 Å². The van der Waals surface area contributed by atoms with Crippen LogP contribution in [0.5, 0.6) is 0 Å². The van der Waals surface area contributed by atoms with E-state index in [1.165, 1.54) is 7.11 Å². The Morgan fingerprint density at radius 2 is 2.00 bits per heavy atom. The average molecular weight is 258 g/mol. The normalized spacial score (nSPS) is 10.2. The Hall–Kier alpha value is -2.43. The Labute approximate surface area is 110 Å². The third kappa shape index (κ3) is 3.28. The number of nitrogens with zero attached hydrogens (tertiary/aromatic N) is 1. The molecule has 5 heteroatoms. The van der Waals surface area contributed by atoms with E-state index >= 15 is 0 Å². The van der Waals surface area contributed by atoms with Gasteiger partial charge in [0.1, 0.15) is 0 Å². The number of carbonyl (C=O) groups excluding carboxylic acids is 2. The van der Waals surface area contributed by atoms with E-state index in [4.69, 9.17) is 0 Å². The zero-order valence-corrected chi connectivity index (χ0v) is 10.6. The number of para-hydroxylation sites is 1. The fourth-order valence-electron chi connectivity index (χ4n) is 1.74. The molecule has 5 nitrogen and oxygen atoms in total. The first-order chi connectivity index (χ1) is 9.20. The number of carbonyl (C=O) groups is 2. The molecule has 0 radical (unpaired) electrons. The van der Waals surface area contributed by atoms with Gasteiger partial charge in [0.15, 0.2) is 0 Å². The summed E-state index contributed by atoms with van der Waals surface area (Å²) in [5.41, 5.74) is 1.38. The molecule has 1 amide bonds. The van der Waals surface area contributed by atoms with E-state index < -0.39 is 5.97 Å². The number of nitrogens with one attached hydrogen (secondary N) is 1. The number of fused-ring (bicyclic) bond motifs is 1. The summed E-state index contributed by atoms with van der Waals surface area (Å²) in [6.45, 7) is 0. The van der Waals surface area contributed by atoms with E-state index in [0.29, 0.717) is 5.69 Å². The molecule has 0 spiro atoms. The van der Waals surface area contributed by atoms with E-state index in [0.717, 1.165) is 10.9 Å². The van der Waals surface area contributed by atoms with Gasteiger partial charge < -0.3 is 10.1 Å². The van der Waals surface area contributed by atoms with E-state index in [-0.39, 0.29) is 18.7 Å². The van der Waals surface area contributed by atoms with Crippen LogP contribution in [0.25, 0.3) is 10.9 Å². The maximum Gasteiger partial charge on any atom is 0.306 e. The molecule has 2 rings (SSSR count). The molecule has 1 aromatic carbocycles. The van der Waals surface area contributed by atoms with E-state index in [2.05, 4.69) is 15.0 Å². The third-order valence-electron chi connectivity index (χ3n) is 2.69. The number of pyridine rings is 1. The first-order valence-electron chi connectivity index (χ1n) is 5.91. The first kappa shape index (κ1) is 13.0. The summed E-state index contributed by atoms with van der Waals surface area (Å²) in [6.07, 6.45) is 1.84. The number of ether oxygens (including phenoxy) is 1. The molecule has 0 saturated carbocycles. The van der Waals surface area contributed by atoms with Crippen molar-refractivity contribution in [3.8, 4) is 0 Å². The predicted octanol–water partition coefficient (Wildman–Crippen LogP) is 2.13. The Kier molecular flexibility index (Phi) is 4.07. The Balaban J connectivity index is 2.09. The lowest BCUT2D eigenvalue weighted by Gasteiger charge is -2.07. The largest absolute Gasteiger partial charge is 0.469 e. The molecular formula is C14H14N2O3. The molecule has 0 bridgehead atoms. The van der Waals surface area contributed by atoms with Crippen LogP contribution in [0.15, 0.2) is 36.5 Å². The van der Waals surface area contributed by atoms with Crippen LogP contribution >= 0.6 is 0 Å². The molecule has 19 heavy (non-hydrogen) atoms. The second kappa shape index (κ2) is 5.95. The van der Waals surface area contributed by atoms with E-state index in [9.17, 15) is 9.59 Å². The quantitative estimate of drug-likeness (QED) is 0.853. The predicted molar refractivity (Wildman–Crippen MR) is 71.6 cm³/mol. The molecule has 0 fully saturated rings. The van der Waals surface area contributed by atoms with Crippen LogP contribution in [0.1, 0.15) is 12.8 Å². The third-order valence-corrected chi connectivity index (χ3v) is 2.69. The first-order valence-corrected chi connectivity index (χ1v) is 5.91. The molecule has 2 aromatic rings. The molecular weight excluding hydrogens is 244 g/mol. The molecule has 0 atom stereocenters. The van der Waals surface area contributed by atoms with Gasteiger partial charge in [0.05, 0.1) is 24.7 Å². The van der Waals surface area contributed by atoms with Gasteiger partial charge in [-0.15, -0.1) is 0 Å². The summed E-state index contributed by atoms with van der Waals surface area (Å²) in [5.74, 6) is -0.630. The number of methoxy groups -OCH3 is 1. The van der Waals surface area contributed by atoms with Crippen molar-refractivity contribution in [3.63, 3.8) is 0 Å². The van der Waals surface area contributed by atoms with Crippen molar-refractivity contribution in [2.75, 3.05) is 12.4 Å². The minimum absolute atomic E-state index is 0.0700. The van der Waals surface area contributed by atoms with Crippen LogP contribution < -0.4 is 5.32 Å². The van der Waals surface area contributed by atoms with Crippen molar-refractivity contribution in [1.82, 2.24) is 4.98 Å². The van der Waals surface area contributed by atoms with Gasteiger partial charge in [0.25, 0.3) is 0 Å². The van der Waals surface area contributed by atoms with Crippen molar-refractivity contribution in [2.24, 2.45) is 0 Å². The number of aromatic nitrogens is 1. The number of hydrogen-bond acceptors (Lipinski definition) is 4. The van der Waals surface area contributed by atoms with Crippen LogP contribution in [0.4, 0.5) is 5.69 Å². The number of esters is 1. The Bertz CT molecular complexity index is 605. The highest BCUT2D eigenvalue weighted by Gasteiger charge is 2.09. The van der Waals surface area contributed by atoms with E-state index in [1.807, 2.05) is 24.3 Å². The molecule has 1 heterocycles. The van der Waals surface area contributed by atoms with Crippen molar-refractivity contribution in [2.45, 2.75) is 12.8 Å². The lowest BCUT2D eigenvalue weighted by atomic mass is 10.2. The summed E-state index contributed by atoms with van der Waals surface area (Å²) in [7, 11) is 1.30. The minimum atomic E-state index is -0.397. The van der Waals surface area contributed by atoms with Crippen molar-refractivity contribution in [3.05, 3.63) is 36.5 Å². The number of rotatable bonds is 4. The number of anilines is 1. The van der Waals surface area contributed by atoms with Crippen LogP contribution in [-0.4, -0.2) is 24.0 Å². The average Bonchev–Trinajstić information content (AvgIpc) is 2.45. The monoisotopic (exact) mass is 258 g/mol. The van der Waals surface area contributed by atoms with Crippen molar-refractivity contribution in [1.29, 1.82) is 0 Å². The lowest BCUT2D eigenvalue weighted by Crippen LogP contribution is -2.14. The molecule has 1 N–H and O–H groups in total. The highest BCUT2D eigenvalue weighted by Crippen LogP contribution is 2.20. The highest BCUT2D eigenvalue weighted by molar-refractivity contribution is 6.00. The molecule has 98 valence electrons. The molecule has 0 aliphatic heterocycles. The fraction of sp³-hybridized carbons (Fsp3) is 0.214. The van der Waals surface area contributed by atoms with E-state index in [1.54, 1.807) is 12.3 Å². The summed E-state index contributed by atoms with van der Waals surface area (Å²) in [5, 5.41) is 3.71. The summed E-state index contributed by atoms with van der Waals surface area (Å²) < 4.78 is 4.49. The Morgan fingerprint density at radius 1 is 1.21 bits per heavy atom. The zero-order chi connectivity index (χ0) is 13.7. The van der Waals surface area contributed by atoms with Gasteiger partial charge in [-0.25, -0.2) is 0 Å². The maximum atomic E-state index is 11.7. The second-order valence-corrected chi connectivity index (χ2v) is 4.01. The highest BCUT2D eigenvalue weighted by atomic mass is 16.5. The number of hydrogen-bond donors (Lipinski definition) is 1. The minimum Gasteiger partial charge on any atom is -0.469 e. The zero-order valence-electron chi connectivity index (χ0n) is 10.6. The lowest BCUT2D eigenvalue weighted by molar-refractivity contribution is -0.141. The Morgan fingerprint density at radius 3 is 2.79 bits per heavy atom. The van der Waals surface area contributed by atoms with Gasteiger partial charge >= 0.3 is 5.97 Å². The summed E-state index contributed by atoms with van der Waals surface area (Å²) in [6, 6.07) is 9.31. The van der Waals surface area contributed by atoms with Crippen LogP contribution in [0.2, 0.25) is 0 Å². The van der Waals surface area contributed by atoms with Gasteiger partial charge in [-0.1, -0.05) is 18.2 Å². The maximum absolute atomic E-state index is 11.7. The van der Waals surface area contributed by atoms with Crippen LogP contribution in [0.3, 0.4) is 0 Å². The summed E-state index contributed by atoms with van der Waals surface area (Å²) >= 11 is 0. The van der Waals surface area contributed by atoms with Crippen LogP contribution in [0, 0.1) is 0 Å². The molecule has 0 aliphatic rings. The topological polar surface area (TPSA) is 68.3 Å². The smallest absolute Gasteiger partial charge is 0.306 e. The standard InChI is InChI=1S/C14H14N2O3/c1-19-13(18)8-7-12(17)16-11-6-2-4-10-5-3-9-15-14(10)11/h2-6,9H,7-8H2,1H3,(H,16,17). The van der Waals surface area contributed by atoms with Crippen molar-refractivity contribution >= 4 is 28.5 Å². The van der Waals surface area contributed by atoms with Gasteiger partial charge in [0.2, 0.25) is 5.91 Å². The SMILES string of the molecule is COC(=O)CCC(=O)Nc1cccc2cccnc12. The molecule has 0 saturated heterocycles. The van der Waals surface area contributed by atoms with Gasteiger partial charge in [0, 0.05) is 18.0 Å².